The summed E-state index contributed by atoms with van der Waals surface area (Å²) < 4.78 is 10.4. The van der Waals surface area contributed by atoms with Crippen molar-refractivity contribution in [3.63, 3.8) is 0 Å². The first-order valence-electron chi connectivity index (χ1n) is 10.3. The summed E-state index contributed by atoms with van der Waals surface area (Å²) in [4.78, 5) is 12.0. The van der Waals surface area contributed by atoms with Crippen molar-refractivity contribution < 1.29 is 19.1 Å². The number of fused-ring (bicyclic) bond motifs is 7. The number of carbonyl (C=O) groups is 1. The van der Waals surface area contributed by atoms with Crippen molar-refractivity contribution in [3.05, 3.63) is 28.2 Å². The number of carbonyl (C=O) groups excluding carboxylic acids is 1. The molecule has 0 N–H and O–H groups in total. The largest absolute Gasteiger partial charge is 0.462 e. The van der Waals surface area contributed by atoms with Gasteiger partial charge in [0.1, 0.15) is 6.10 Å². The van der Waals surface area contributed by atoms with Gasteiger partial charge in [0.05, 0.1) is 0 Å². The van der Waals surface area contributed by atoms with Gasteiger partial charge < -0.3 is 9.94 Å². The first-order chi connectivity index (χ1) is 12.8. The third-order valence-corrected chi connectivity index (χ3v) is 8.42. The maximum Gasteiger partial charge on any atom is 0.302 e. The summed E-state index contributed by atoms with van der Waals surface area (Å²) >= 11 is 0. The second-order valence-electron chi connectivity index (χ2n) is 9.62. The van der Waals surface area contributed by atoms with E-state index < -0.39 is 0 Å². The number of aromatic nitrogens is 2. The number of hydrogen-bond donors (Lipinski definition) is 0. The van der Waals surface area contributed by atoms with E-state index in [1.54, 1.807) is 0 Å². The molecule has 0 radical (unpaired) electrons. The number of rotatable bonds is 1. The molecule has 2 fully saturated rings. The zero-order valence-corrected chi connectivity index (χ0v) is 16.4. The molecule has 4 aliphatic rings. The predicted molar refractivity (Wildman–Crippen MR) is 96.4 cm³/mol. The number of esters is 1. The zero-order chi connectivity index (χ0) is 19.0. The van der Waals surface area contributed by atoms with Crippen LogP contribution in [0.2, 0.25) is 0 Å². The molecule has 1 aromatic rings. The van der Waals surface area contributed by atoms with Gasteiger partial charge in [0.15, 0.2) is 0 Å². The van der Waals surface area contributed by atoms with Gasteiger partial charge in [-0.15, -0.1) is 0 Å². The molecule has 0 aliphatic heterocycles. The van der Waals surface area contributed by atoms with Gasteiger partial charge in [-0.25, -0.2) is 0 Å². The van der Waals surface area contributed by atoms with Gasteiger partial charge in [0.2, 0.25) is 11.4 Å². The fourth-order valence-electron chi connectivity index (χ4n) is 7.11. The zero-order valence-electron chi connectivity index (χ0n) is 16.4. The fourth-order valence-corrected chi connectivity index (χ4v) is 7.11. The average Bonchev–Trinajstić information content (AvgIpc) is 3.12. The molecule has 4 aliphatic carbocycles. The van der Waals surface area contributed by atoms with Crippen LogP contribution in [0, 0.1) is 28.4 Å². The van der Waals surface area contributed by atoms with Gasteiger partial charge >= 0.3 is 5.97 Å². The molecule has 0 bridgehead atoms. The summed E-state index contributed by atoms with van der Waals surface area (Å²) in [6.45, 7) is 6.16. The molecule has 5 rings (SSSR count). The van der Waals surface area contributed by atoms with E-state index in [0.717, 1.165) is 56.3 Å². The fraction of sp³-hybridized carbons (Fsp3) is 0.762. The lowest BCUT2D eigenvalue weighted by molar-refractivity contribution is -0.810. The smallest absolute Gasteiger partial charge is 0.302 e. The molecule has 6 atom stereocenters. The van der Waals surface area contributed by atoms with E-state index in [0.29, 0.717) is 22.7 Å². The molecule has 1 aromatic heterocycles. The lowest BCUT2D eigenvalue weighted by Gasteiger charge is -2.56. The Kier molecular flexibility index (Phi) is 3.57. The van der Waals surface area contributed by atoms with Gasteiger partial charge in [-0.1, -0.05) is 25.5 Å². The van der Waals surface area contributed by atoms with Crippen LogP contribution in [0.15, 0.2) is 16.3 Å². The van der Waals surface area contributed by atoms with Gasteiger partial charge in [-0.2, -0.15) is 0 Å². The summed E-state index contributed by atoms with van der Waals surface area (Å²) in [5.41, 5.74) is 3.22. The molecule has 0 saturated heterocycles. The average molecular weight is 372 g/mol. The quantitative estimate of drug-likeness (QED) is 0.430. The lowest BCUT2D eigenvalue weighted by Crippen LogP contribution is -2.53. The molecule has 6 heteroatoms. The predicted octanol–water partition coefficient (Wildman–Crippen LogP) is 3.22. The van der Waals surface area contributed by atoms with E-state index >= 15 is 0 Å². The molecular weight excluding hydrogens is 344 g/mol. The van der Waals surface area contributed by atoms with Gasteiger partial charge in [-0.05, 0) is 60.2 Å². The van der Waals surface area contributed by atoms with E-state index in [4.69, 9.17) is 9.37 Å². The van der Waals surface area contributed by atoms with E-state index in [9.17, 15) is 10.0 Å². The Labute approximate surface area is 159 Å². The third kappa shape index (κ3) is 2.28. The minimum Gasteiger partial charge on any atom is -0.462 e. The molecule has 0 amide bonds. The second-order valence-corrected chi connectivity index (χ2v) is 9.62. The van der Waals surface area contributed by atoms with E-state index in [-0.39, 0.29) is 22.9 Å². The first kappa shape index (κ1) is 17.3. The van der Waals surface area contributed by atoms with E-state index in [1.165, 1.54) is 12.5 Å². The van der Waals surface area contributed by atoms with Crippen molar-refractivity contribution in [1.29, 1.82) is 0 Å². The summed E-state index contributed by atoms with van der Waals surface area (Å²) in [6, 6.07) is 0. The number of hydrogen-bond acceptors (Lipinski definition) is 5. The van der Waals surface area contributed by atoms with Crippen molar-refractivity contribution in [1.82, 2.24) is 5.16 Å². The van der Waals surface area contributed by atoms with Crippen molar-refractivity contribution >= 4 is 5.97 Å². The van der Waals surface area contributed by atoms with Crippen LogP contribution in [-0.4, -0.2) is 17.2 Å². The molecule has 0 aromatic carbocycles. The molecule has 2 unspecified atom stereocenters. The van der Waals surface area contributed by atoms with Crippen molar-refractivity contribution in [2.45, 2.75) is 77.2 Å². The lowest BCUT2D eigenvalue weighted by atomic mass is 9.48. The molecule has 0 spiro atoms. The van der Waals surface area contributed by atoms with Crippen molar-refractivity contribution in [3.8, 4) is 0 Å². The van der Waals surface area contributed by atoms with Crippen LogP contribution in [0.3, 0.4) is 0 Å². The number of ether oxygens (including phenoxy) is 1. The highest BCUT2D eigenvalue weighted by Gasteiger charge is 2.61. The van der Waals surface area contributed by atoms with E-state index in [1.807, 2.05) is 0 Å². The topological polar surface area (TPSA) is 79.3 Å². The Bertz CT molecular complexity index is 830. The van der Waals surface area contributed by atoms with Crippen molar-refractivity contribution in [2.75, 3.05) is 0 Å². The van der Waals surface area contributed by atoms with Gasteiger partial charge in [0.25, 0.3) is 0 Å². The highest BCUT2D eigenvalue weighted by Crippen LogP contribution is 2.63. The number of nitrogens with zero attached hydrogens (tertiary/aromatic N) is 2. The Morgan fingerprint density at radius 1 is 1.26 bits per heavy atom. The van der Waals surface area contributed by atoms with E-state index in [2.05, 4.69) is 25.1 Å². The van der Waals surface area contributed by atoms with Crippen LogP contribution in [0.4, 0.5) is 0 Å². The van der Waals surface area contributed by atoms with Crippen LogP contribution in [0.1, 0.15) is 70.7 Å². The van der Waals surface area contributed by atoms with Crippen LogP contribution >= 0.6 is 0 Å². The standard InChI is InChI=1S/C21H28N2O4/c1-12(24)26-14-6-8-20(2)13(10-14)4-5-15-16(20)7-9-21(3)17(15)11-18-19(21)23(25)27-22-18/h4,14-17H,5-11H2,1-3H3/t14?,15-,16?,17+,20+,21+/m1/s1. The minimum absolute atomic E-state index is 0.0363. The van der Waals surface area contributed by atoms with Gasteiger partial charge in [-0.3, -0.25) is 9.42 Å². The maximum atomic E-state index is 12.2. The normalized spacial score (nSPS) is 42.4. The Hall–Kier alpha value is -1.85. The molecule has 27 heavy (non-hydrogen) atoms. The summed E-state index contributed by atoms with van der Waals surface area (Å²) in [5.74, 6) is 1.50. The Morgan fingerprint density at radius 3 is 2.81 bits per heavy atom. The summed E-state index contributed by atoms with van der Waals surface area (Å²) in [7, 11) is 0. The summed E-state index contributed by atoms with van der Waals surface area (Å²) in [5, 5.41) is 16.2. The van der Waals surface area contributed by atoms with Gasteiger partial charge in [0, 0.05) is 30.3 Å². The number of allylic oxidation sites excluding steroid dienone is 1. The molecule has 1 heterocycles. The monoisotopic (exact) mass is 372 g/mol. The minimum atomic E-state index is -0.175. The van der Waals surface area contributed by atoms with Crippen molar-refractivity contribution in [2.24, 2.45) is 23.2 Å². The van der Waals surface area contributed by atoms with Crippen LogP contribution in [-0.2, 0) is 21.4 Å². The Morgan fingerprint density at radius 2 is 2.04 bits per heavy atom. The molecular formula is C21H28N2O4. The van der Waals surface area contributed by atoms with Crippen LogP contribution in [0.25, 0.3) is 0 Å². The van der Waals surface area contributed by atoms with Crippen LogP contribution in [0.5, 0.6) is 0 Å². The Balaban J connectivity index is 1.45. The second kappa shape index (κ2) is 5.58. The SMILES string of the molecule is CC(=O)OC1CC[C@@]2(C)C(=CC[C@@H]3C2CC[C@]2(C)c4c(no[n+]4[O-])C[C@@H]32)C1. The highest BCUT2D eigenvalue weighted by molar-refractivity contribution is 5.66. The van der Waals surface area contributed by atoms with Crippen LogP contribution < -0.4 is 4.90 Å². The first-order valence-corrected chi connectivity index (χ1v) is 10.3. The molecule has 2 saturated carbocycles. The summed E-state index contributed by atoms with van der Waals surface area (Å²) in [6.07, 6.45) is 9.45. The molecule has 146 valence electrons. The third-order valence-electron chi connectivity index (χ3n) is 8.42. The molecule has 6 nitrogen and oxygen atoms in total. The maximum absolute atomic E-state index is 12.2. The highest BCUT2D eigenvalue weighted by atomic mass is 16.8.